The van der Waals surface area contributed by atoms with Gasteiger partial charge in [0.2, 0.25) is 0 Å². The Kier molecular flexibility index (Phi) is 5.78. The number of carbonyl (C=O) groups excluding carboxylic acids is 1. The summed E-state index contributed by atoms with van der Waals surface area (Å²) in [6.45, 7) is 5.47. The van der Waals surface area contributed by atoms with Crippen LogP contribution in [0.5, 0.6) is 0 Å². The van der Waals surface area contributed by atoms with Crippen LogP contribution in [0.3, 0.4) is 0 Å². The minimum atomic E-state index is -0.490. The number of ether oxygens (including phenoxy) is 1. The zero-order valence-corrected chi connectivity index (χ0v) is 12.1. The number of pyridine rings is 1. The molecule has 0 aliphatic heterocycles. The first kappa shape index (κ1) is 15.8. The van der Waals surface area contributed by atoms with Crippen molar-refractivity contribution in [3.05, 3.63) is 17.8 Å². The summed E-state index contributed by atoms with van der Waals surface area (Å²) in [5.74, 6) is 0.550. The van der Waals surface area contributed by atoms with E-state index in [-0.39, 0.29) is 5.69 Å². The molecule has 6 heteroatoms. The number of hydrogen-bond donors (Lipinski definition) is 1. The molecule has 1 aromatic heterocycles. The summed E-state index contributed by atoms with van der Waals surface area (Å²) in [5, 5.41) is 8.73. The van der Waals surface area contributed by atoms with Crippen LogP contribution >= 0.6 is 0 Å². The number of nitrogen functional groups attached to an aromatic ring is 1. The molecule has 0 saturated heterocycles. The van der Waals surface area contributed by atoms with Crippen LogP contribution in [-0.2, 0) is 4.74 Å². The minimum absolute atomic E-state index is 0.283. The van der Waals surface area contributed by atoms with E-state index < -0.39 is 5.97 Å². The number of aromatic nitrogens is 1. The van der Waals surface area contributed by atoms with Crippen LogP contribution in [-0.4, -0.2) is 31.2 Å². The number of methoxy groups -OCH3 is 1. The largest absolute Gasteiger partial charge is 0.465 e. The van der Waals surface area contributed by atoms with Crippen molar-refractivity contribution in [2.24, 2.45) is 5.92 Å². The second-order valence-electron chi connectivity index (χ2n) is 4.87. The van der Waals surface area contributed by atoms with E-state index in [1.54, 1.807) is 6.07 Å². The number of rotatable bonds is 6. The second-order valence-corrected chi connectivity index (χ2v) is 4.87. The van der Waals surface area contributed by atoms with Gasteiger partial charge < -0.3 is 15.4 Å². The third kappa shape index (κ3) is 4.12. The normalized spacial score (nSPS) is 10.2. The predicted octanol–water partition coefficient (Wildman–Crippen LogP) is 1.83. The molecule has 2 N–H and O–H groups in total. The summed E-state index contributed by atoms with van der Waals surface area (Å²) in [6, 6.07) is 3.73. The maximum Gasteiger partial charge on any atom is 0.340 e. The SMILES string of the molecule is COC(=O)c1cc(N(CCC#N)CC(C)C)ncc1N. The molecule has 0 aliphatic carbocycles. The fourth-order valence-electron chi connectivity index (χ4n) is 1.84. The Bertz CT molecular complexity index is 508. The number of nitriles is 1. The molecule has 0 bridgehead atoms. The van der Waals surface area contributed by atoms with Crippen molar-refractivity contribution in [1.82, 2.24) is 4.98 Å². The van der Waals surface area contributed by atoms with E-state index in [4.69, 9.17) is 15.7 Å². The first-order valence-electron chi connectivity index (χ1n) is 6.45. The third-order valence-corrected chi connectivity index (χ3v) is 2.73. The highest BCUT2D eigenvalue weighted by molar-refractivity contribution is 5.95. The number of carbonyl (C=O) groups is 1. The van der Waals surface area contributed by atoms with E-state index in [0.717, 1.165) is 6.54 Å². The molecule has 6 nitrogen and oxygen atoms in total. The van der Waals surface area contributed by atoms with Gasteiger partial charge in [-0.2, -0.15) is 5.26 Å². The maximum absolute atomic E-state index is 11.6. The van der Waals surface area contributed by atoms with Crippen LogP contribution < -0.4 is 10.6 Å². The summed E-state index contributed by atoms with van der Waals surface area (Å²) < 4.78 is 4.70. The number of esters is 1. The smallest absolute Gasteiger partial charge is 0.340 e. The summed E-state index contributed by atoms with van der Waals surface area (Å²) in [6.07, 6.45) is 1.84. The molecule has 20 heavy (non-hydrogen) atoms. The lowest BCUT2D eigenvalue weighted by atomic mass is 10.1. The molecule has 0 unspecified atom stereocenters. The topological polar surface area (TPSA) is 92.2 Å². The Labute approximate surface area is 119 Å². The maximum atomic E-state index is 11.6. The van der Waals surface area contributed by atoms with Crippen molar-refractivity contribution in [3.8, 4) is 6.07 Å². The third-order valence-electron chi connectivity index (χ3n) is 2.73. The minimum Gasteiger partial charge on any atom is -0.465 e. The first-order valence-corrected chi connectivity index (χ1v) is 6.45. The van der Waals surface area contributed by atoms with Gasteiger partial charge in [0.1, 0.15) is 5.82 Å². The van der Waals surface area contributed by atoms with Crippen molar-refractivity contribution in [2.75, 3.05) is 30.8 Å². The molecule has 0 aliphatic rings. The Hall–Kier alpha value is -2.29. The van der Waals surface area contributed by atoms with E-state index in [0.29, 0.717) is 30.3 Å². The lowest BCUT2D eigenvalue weighted by Gasteiger charge is -2.25. The average molecular weight is 276 g/mol. The van der Waals surface area contributed by atoms with Crippen LogP contribution in [0.25, 0.3) is 0 Å². The van der Waals surface area contributed by atoms with Gasteiger partial charge in [-0.1, -0.05) is 13.8 Å². The zero-order chi connectivity index (χ0) is 15.1. The predicted molar refractivity (Wildman–Crippen MR) is 77.3 cm³/mol. The molecule has 108 valence electrons. The van der Waals surface area contributed by atoms with Crippen LogP contribution in [0.15, 0.2) is 12.3 Å². The molecule has 1 aromatic rings. The molecule has 1 rings (SSSR count). The van der Waals surface area contributed by atoms with E-state index in [1.165, 1.54) is 13.3 Å². The summed E-state index contributed by atoms with van der Waals surface area (Å²) >= 11 is 0. The van der Waals surface area contributed by atoms with E-state index in [2.05, 4.69) is 24.9 Å². The number of nitrogens with two attached hydrogens (primary N) is 1. The molecule has 1 heterocycles. The van der Waals surface area contributed by atoms with Gasteiger partial charge in [-0.3, -0.25) is 0 Å². The Morgan fingerprint density at radius 1 is 1.60 bits per heavy atom. The van der Waals surface area contributed by atoms with Gasteiger partial charge in [-0.05, 0) is 12.0 Å². The van der Waals surface area contributed by atoms with Crippen molar-refractivity contribution in [3.63, 3.8) is 0 Å². The molecule has 0 atom stereocenters. The molecular formula is C14H20N4O2. The van der Waals surface area contributed by atoms with Gasteiger partial charge in [0.15, 0.2) is 0 Å². The lowest BCUT2D eigenvalue weighted by molar-refractivity contribution is 0.0602. The van der Waals surface area contributed by atoms with Crippen LogP contribution in [0, 0.1) is 17.2 Å². The molecule has 0 aromatic carbocycles. The zero-order valence-electron chi connectivity index (χ0n) is 12.1. The van der Waals surface area contributed by atoms with Gasteiger partial charge in [-0.15, -0.1) is 0 Å². The van der Waals surface area contributed by atoms with Crippen molar-refractivity contribution >= 4 is 17.5 Å². The monoisotopic (exact) mass is 276 g/mol. The summed E-state index contributed by atoms with van der Waals surface area (Å²) in [4.78, 5) is 17.9. The average Bonchev–Trinajstić information content (AvgIpc) is 2.43. The molecule has 0 spiro atoms. The first-order chi connectivity index (χ1) is 9.49. The van der Waals surface area contributed by atoms with Gasteiger partial charge in [0.05, 0.1) is 37.0 Å². The van der Waals surface area contributed by atoms with Crippen LogP contribution in [0.1, 0.15) is 30.6 Å². The Morgan fingerprint density at radius 2 is 2.30 bits per heavy atom. The van der Waals surface area contributed by atoms with Crippen molar-refractivity contribution in [1.29, 1.82) is 5.26 Å². The Morgan fingerprint density at radius 3 is 2.85 bits per heavy atom. The van der Waals surface area contributed by atoms with Crippen LogP contribution in [0.2, 0.25) is 0 Å². The van der Waals surface area contributed by atoms with E-state index in [9.17, 15) is 4.79 Å². The standard InChI is InChI=1S/C14H20N4O2/c1-10(2)9-18(6-4-5-15)13-7-11(14(19)20-3)12(16)8-17-13/h7-8,10H,4,6,9,16H2,1-3H3. The molecule has 0 radical (unpaired) electrons. The molecule has 0 saturated carbocycles. The van der Waals surface area contributed by atoms with Gasteiger partial charge in [-0.25, -0.2) is 9.78 Å². The lowest BCUT2D eigenvalue weighted by Crippen LogP contribution is -2.29. The number of hydrogen-bond acceptors (Lipinski definition) is 6. The summed E-state index contributed by atoms with van der Waals surface area (Å²) in [5.41, 5.74) is 6.31. The second kappa shape index (κ2) is 7.34. The van der Waals surface area contributed by atoms with Crippen LogP contribution in [0.4, 0.5) is 11.5 Å². The fourth-order valence-corrected chi connectivity index (χ4v) is 1.84. The van der Waals surface area contributed by atoms with E-state index in [1.807, 2.05) is 4.90 Å². The highest BCUT2D eigenvalue weighted by atomic mass is 16.5. The highest BCUT2D eigenvalue weighted by Gasteiger charge is 2.16. The Balaban J connectivity index is 3.07. The summed E-state index contributed by atoms with van der Waals surface area (Å²) in [7, 11) is 1.31. The highest BCUT2D eigenvalue weighted by Crippen LogP contribution is 2.20. The number of anilines is 2. The molecule has 0 amide bonds. The van der Waals surface area contributed by atoms with Crippen molar-refractivity contribution < 1.29 is 9.53 Å². The van der Waals surface area contributed by atoms with Gasteiger partial charge >= 0.3 is 5.97 Å². The van der Waals surface area contributed by atoms with Gasteiger partial charge in [0, 0.05) is 13.1 Å². The van der Waals surface area contributed by atoms with E-state index >= 15 is 0 Å². The number of nitrogens with zero attached hydrogens (tertiary/aromatic N) is 3. The molecule has 0 fully saturated rings. The van der Waals surface area contributed by atoms with Gasteiger partial charge in [0.25, 0.3) is 0 Å². The quantitative estimate of drug-likeness (QED) is 0.797. The van der Waals surface area contributed by atoms with Crippen molar-refractivity contribution in [2.45, 2.75) is 20.3 Å². The molecular weight excluding hydrogens is 256 g/mol. The fraction of sp³-hybridized carbons (Fsp3) is 0.500.